The Morgan fingerprint density at radius 1 is 1.40 bits per heavy atom. The molecule has 0 spiro atoms. The lowest BCUT2D eigenvalue weighted by Crippen LogP contribution is -2.61. The molecule has 1 aromatic carbocycles. The Labute approximate surface area is 97.9 Å². The van der Waals surface area contributed by atoms with Crippen molar-refractivity contribution in [2.45, 2.75) is 12.5 Å². The van der Waals surface area contributed by atoms with E-state index in [0.717, 1.165) is 29.1 Å². The van der Waals surface area contributed by atoms with E-state index < -0.39 is 0 Å². The van der Waals surface area contributed by atoms with Crippen LogP contribution in [0.3, 0.4) is 0 Å². The van der Waals surface area contributed by atoms with Crippen molar-refractivity contribution in [2.24, 2.45) is 0 Å². The van der Waals surface area contributed by atoms with E-state index in [1.807, 2.05) is 18.2 Å². The predicted molar refractivity (Wildman–Crippen MR) is 62.6 cm³/mol. The molecular weight excluding hydrogens is 258 g/mol. The van der Waals surface area contributed by atoms with E-state index >= 15 is 0 Å². The second kappa shape index (κ2) is 4.02. The molecule has 1 heterocycles. The van der Waals surface area contributed by atoms with E-state index in [1.165, 1.54) is 0 Å². The quantitative estimate of drug-likeness (QED) is 0.915. The van der Waals surface area contributed by atoms with Gasteiger partial charge in [0.15, 0.2) is 0 Å². The topological polar surface area (TPSA) is 30.5 Å². The van der Waals surface area contributed by atoms with Crippen molar-refractivity contribution in [1.82, 2.24) is 5.32 Å². The minimum Gasteiger partial charge on any atom is -0.497 e. The molecule has 0 atom stereocenters. The predicted octanol–water partition coefficient (Wildman–Crippen LogP) is 2.20. The lowest BCUT2D eigenvalue weighted by Gasteiger charge is -2.39. The number of hydrogen-bond acceptors (Lipinski definition) is 3. The van der Waals surface area contributed by atoms with Crippen LogP contribution in [0.25, 0.3) is 0 Å². The zero-order valence-corrected chi connectivity index (χ0v) is 10.4. The maximum absolute atomic E-state index is 5.90. The van der Waals surface area contributed by atoms with Crippen LogP contribution >= 0.6 is 15.9 Å². The normalized spacial score (nSPS) is 18.1. The van der Waals surface area contributed by atoms with Crippen molar-refractivity contribution in [3.8, 4) is 11.5 Å². The number of rotatable bonds is 3. The lowest BCUT2D eigenvalue weighted by atomic mass is 10.00. The molecule has 1 saturated heterocycles. The average molecular weight is 272 g/mol. The van der Waals surface area contributed by atoms with Crippen molar-refractivity contribution in [3.63, 3.8) is 0 Å². The third-order valence-corrected chi connectivity index (χ3v) is 3.11. The summed E-state index contributed by atoms with van der Waals surface area (Å²) in [5.74, 6) is 1.69. The fourth-order valence-electron chi connectivity index (χ4n) is 1.51. The molecule has 1 aliphatic heterocycles. The maximum Gasteiger partial charge on any atom is 0.134 e. The summed E-state index contributed by atoms with van der Waals surface area (Å²) in [7, 11) is 1.65. The molecule has 1 aromatic rings. The second-order valence-corrected chi connectivity index (χ2v) is 4.81. The van der Waals surface area contributed by atoms with Crippen molar-refractivity contribution in [2.75, 3.05) is 20.2 Å². The molecule has 1 fully saturated rings. The first-order valence-corrected chi connectivity index (χ1v) is 5.65. The van der Waals surface area contributed by atoms with Gasteiger partial charge in [0.25, 0.3) is 0 Å². The summed E-state index contributed by atoms with van der Waals surface area (Å²) in [5.41, 5.74) is -0.0723. The second-order valence-electron chi connectivity index (χ2n) is 3.95. The van der Waals surface area contributed by atoms with Crippen molar-refractivity contribution >= 4 is 15.9 Å². The minimum absolute atomic E-state index is 0.0723. The summed E-state index contributed by atoms with van der Waals surface area (Å²) in [5, 5.41) is 3.20. The molecule has 0 amide bonds. The highest BCUT2D eigenvalue weighted by atomic mass is 79.9. The molecule has 0 unspecified atom stereocenters. The first kappa shape index (κ1) is 10.8. The summed E-state index contributed by atoms with van der Waals surface area (Å²) in [4.78, 5) is 0. The van der Waals surface area contributed by atoms with Crippen LogP contribution in [0.5, 0.6) is 11.5 Å². The number of nitrogens with one attached hydrogen (secondary N) is 1. The monoisotopic (exact) mass is 271 g/mol. The minimum atomic E-state index is -0.0723. The van der Waals surface area contributed by atoms with E-state index in [-0.39, 0.29) is 5.60 Å². The smallest absolute Gasteiger partial charge is 0.134 e. The Kier molecular flexibility index (Phi) is 2.89. The van der Waals surface area contributed by atoms with Crippen LogP contribution in [0.4, 0.5) is 0 Å². The summed E-state index contributed by atoms with van der Waals surface area (Å²) in [6, 6.07) is 5.73. The van der Waals surface area contributed by atoms with Crippen LogP contribution in [0.1, 0.15) is 6.92 Å². The molecule has 1 aliphatic rings. The van der Waals surface area contributed by atoms with Gasteiger partial charge in [-0.25, -0.2) is 0 Å². The molecule has 0 saturated carbocycles. The zero-order valence-electron chi connectivity index (χ0n) is 8.84. The molecular formula is C11H14BrNO2. The largest absolute Gasteiger partial charge is 0.497 e. The summed E-state index contributed by atoms with van der Waals surface area (Å²) in [6.07, 6.45) is 0. The third kappa shape index (κ3) is 2.26. The Bertz CT molecular complexity index is 364. The molecule has 0 bridgehead atoms. The van der Waals surface area contributed by atoms with Gasteiger partial charge in [0.05, 0.1) is 11.6 Å². The summed E-state index contributed by atoms with van der Waals surface area (Å²) in [6.45, 7) is 3.89. The highest BCUT2D eigenvalue weighted by molar-refractivity contribution is 9.10. The Morgan fingerprint density at radius 3 is 2.60 bits per heavy atom. The van der Waals surface area contributed by atoms with Gasteiger partial charge in [-0.15, -0.1) is 0 Å². The van der Waals surface area contributed by atoms with Crippen molar-refractivity contribution in [3.05, 3.63) is 22.7 Å². The van der Waals surface area contributed by atoms with Crippen LogP contribution in [-0.4, -0.2) is 25.8 Å². The highest BCUT2D eigenvalue weighted by Gasteiger charge is 2.34. The molecule has 1 N–H and O–H groups in total. The number of benzene rings is 1. The van der Waals surface area contributed by atoms with Gasteiger partial charge in [-0.2, -0.15) is 0 Å². The van der Waals surface area contributed by atoms with E-state index in [0.29, 0.717) is 0 Å². The lowest BCUT2D eigenvalue weighted by molar-refractivity contribution is 0.0341. The maximum atomic E-state index is 5.90. The zero-order chi connectivity index (χ0) is 10.9. The molecule has 3 nitrogen and oxygen atoms in total. The molecule has 0 aliphatic carbocycles. The Hall–Kier alpha value is -0.740. The fraction of sp³-hybridized carbons (Fsp3) is 0.455. The van der Waals surface area contributed by atoms with Crippen LogP contribution in [-0.2, 0) is 0 Å². The molecule has 2 rings (SSSR count). The Morgan fingerprint density at radius 2 is 2.13 bits per heavy atom. The number of hydrogen-bond donors (Lipinski definition) is 1. The molecule has 0 aromatic heterocycles. The summed E-state index contributed by atoms with van der Waals surface area (Å²) < 4.78 is 12.0. The standard InChI is InChI=1S/C11H14BrNO2/c1-11(6-13-7-11)15-10-4-3-8(14-2)5-9(10)12/h3-5,13H,6-7H2,1-2H3. The van der Waals surface area contributed by atoms with Gasteiger partial charge in [0.1, 0.15) is 17.1 Å². The number of halogens is 1. The molecule has 82 valence electrons. The van der Waals surface area contributed by atoms with Crippen LogP contribution in [0, 0.1) is 0 Å². The van der Waals surface area contributed by atoms with E-state index in [2.05, 4.69) is 28.2 Å². The van der Waals surface area contributed by atoms with Gasteiger partial charge >= 0.3 is 0 Å². The van der Waals surface area contributed by atoms with Gasteiger partial charge in [0, 0.05) is 13.1 Å². The van der Waals surface area contributed by atoms with Crippen LogP contribution < -0.4 is 14.8 Å². The van der Waals surface area contributed by atoms with Crippen LogP contribution in [0.15, 0.2) is 22.7 Å². The third-order valence-electron chi connectivity index (χ3n) is 2.49. The Balaban J connectivity index is 2.14. The first-order chi connectivity index (χ1) is 7.13. The van der Waals surface area contributed by atoms with E-state index in [4.69, 9.17) is 9.47 Å². The van der Waals surface area contributed by atoms with Crippen LogP contribution in [0.2, 0.25) is 0 Å². The SMILES string of the molecule is COc1ccc(OC2(C)CNC2)c(Br)c1. The van der Waals surface area contributed by atoms with Gasteiger partial charge in [-0.05, 0) is 41.1 Å². The highest BCUT2D eigenvalue weighted by Crippen LogP contribution is 2.32. The van der Waals surface area contributed by atoms with E-state index in [1.54, 1.807) is 7.11 Å². The van der Waals surface area contributed by atoms with Gasteiger partial charge in [0.2, 0.25) is 0 Å². The number of methoxy groups -OCH3 is 1. The van der Waals surface area contributed by atoms with Gasteiger partial charge < -0.3 is 14.8 Å². The van der Waals surface area contributed by atoms with E-state index in [9.17, 15) is 0 Å². The fourth-order valence-corrected chi connectivity index (χ4v) is 1.94. The molecule has 0 radical (unpaired) electrons. The average Bonchev–Trinajstić information content (AvgIpc) is 2.18. The van der Waals surface area contributed by atoms with Gasteiger partial charge in [-0.3, -0.25) is 0 Å². The van der Waals surface area contributed by atoms with Crippen molar-refractivity contribution < 1.29 is 9.47 Å². The molecule has 15 heavy (non-hydrogen) atoms. The number of ether oxygens (including phenoxy) is 2. The summed E-state index contributed by atoms with van der Waals surface area (Å²) >= 11 is 3.47. The first-order valence-electron chi connectivity index (χ1n) is 4.86. The van der Waals surface area contributed by atoms with Gasteiger partial charge in [-0.1, -0.05) is 0 Å². The van der Waals surface area contributed by atoms with Crippen molar-refractivity contribution in [1.29, 1.82) is 0 Å². The molecule has 4 heteroatoms.